The third kappa shape index (κ3) is 3.76. The number of hydrogen-bond acceptors (Lipinski definition) is 3. The van der Waals surface area contributed by atoms with Crippen LogP contribution >= 0.6 is 0 Å². The van der Waals surface area contributed by atoms with Crippen LogP contribution in [0.15, 0.2) is 30.3 Å². The summed E-state index contributed by atoms with van der Waals surface area (Å²) in [5.41, 5.74) is 4.31. The van der Waals surface area contributed by atoms with Crippen LogP contribution in [0, 0.1) is 20.8 Å². The number of nitrogens with zero attached hydrogens (tertiary/aromatic N) is 1. The van der Waals surface area contributed by atoms with Crippen LogP contribution < -0.4 is 5.32 Å². The van der Waals surface area contributed by atoms with E-state index in [1.807, 2.05) is 51.1 Å². The summed E-state index contributed by atoms with van der Waals surface area (Å²) in [6.07, 6.45) is 1.44. The second-order valence-electron chi connectivity index (χ2n) is 6.79. The van der Waals surface area contributed by atoms with Crippen molar-refractivity contribution in [2.75, 3.05) is 5.32 Å². The van der Waals surface area contributed by atoms with Gasteiger partial charge in [-0.05, 0) is 58.7 Å². The van der Waals surface area contributed by atoms with E-state index in [0.29, 0.717) is 17.3 Å². The summed E-state index contributed by atoms with van der Waals surface area (Å²) in [6.45, 7) is 7.49. The number of nitrogens with one attached hydrogen (secondary N) is 1. The number of esters is 1. The maximum absolute atomic E-state index is 12.5. The molecule has 132 valence electrons. The van der Waals surface area contributed by atoms with Gasteiger partial charge in [0.15, 0.2) is 6.10 Å². The lowest BCUT2D eigenvalue weighted by atomic mass is 10.2. The zero-order chi connectivity index (χ0) is 18.1. The molecule has 0 saturated heterocycles. The zero-order valence-electron chi connectivity index (χ0n) is 15.1. The minimum absolute atomic E-state index is 0.340. The Morgan fingerprint density at radius 2 is 1.80 bits per heavy atom. The Morgan fingerprint density at radius 1 is 1.16 bits per heavy atom. The maximum Gasteiger partial charge on any atom is 0.340 e. The molecule has 3 rings (SSSR count). The summed E-state index contributed by atoms with van der Waals surface area (Å²) in [5.74, 6) is -0.792. The molecule has 2 aromatic rings. The molecule has 1 amide bonds. The Hall–Kier alpha value is -2.56. The fraction of sp³-hybridized carbons (Fsp3) is 0.400. The number of carbonyl (C=O) groups is 2. The summed E-state index contributed by atoms with van der Waals surface area (Å²) < 4.78 is 7.57. The van der Waals surface area contributed by atoms with E-state index < -0.39 is 12.1 Å². The van der Waals surface area contributed by atoms with Crippen LogP contribution in [-0.4, -0.2) is 22.5 Å². The van der Waals surface area contributed by atoms with Crippen LogP contribution in [-0.2, 0) is 9.53 Å². The normalized spacial score (nSPS) is 14.9. The number of benzene rings is 1. The molecule has 0 radical (unpaired) electrons. The van der Waals surface area contributed by atoms with Crippen molar-refractivity contribution in [2.45, 2.75) is 52.7 Å². The minimum Gasteiger partial charge on any atom is -0.449 e. The number of hydrogen-bond donors (Lipinski definition) is 1. The van der Waals surface area contributed by atoms with Crippen molar-refractivity contribution in [3.8, 4) is 0 Å². The summed E-state index contributed by atoms with van der Waals surface area (Å²) in [5, 5.41) is 2.76. The van der Waals surface area contributed by atoms with E-state index in [-0.39, 0.29) is 5.91 Å². The molecule has 5 nitrogen and oxygen atoms in total. The van der Waals surface area contributed by atoms with Gasteiger partial charge in [-0.25, -0.2) is 4.79 Å². The van der Waals surface area contributed by atoms with Crippen LogP contribution in [0.4, 0.5) is 5.69 Å². The van der Waals surface area contributed by atoms with Gasteiger partial charge in [-0.3, -0.25) is 4.79 Å². The molecular weight excluding hydrogens is 316 g/mol. The molecule has 1 saturated carbocycles. The summed E-state index contributed by atoms with van der Waals surface area (Å²) in [7, 11) is 0. The lowest BCUT2D eigenvalue weighted by Crippen LogP contribution is -2.30. The van der Waals surface area contributed by atoms with Crippen LogP contribution in [0.5, 0.6) is 0 Å². The lowest BCUT2D eigenvalue weighted by molar-refractivity contribution is -0.123. The smallest absolute Gasteiger partial charge is 0.340 e. The first-order chi connectivity index (χ1) is 11.9. The van der Waals surface area contributed by atoms with Crippen molar-refractivity contribution in [2.24, 2.45) is 0 Å². The van der Waals surface area contributed by atoms with E-state index in [2.05, 4.69) is 9.88 Å². The number of carbonyl (C=O) groups excluding carboxylic acids is 2. The molecule has 1 N–H and O–H groups in total. The number of amides is 1. The maximum atomic E-state index is 12.5. The molecule has 1 aliphatic carbocycles. The fourth-order valence-electron chi connectivity index (χ4n) is 3.04. The highest BCUT2D eigenvalue weighted by atomic mass is 16.5. The van der Waals surface area contributed by atoms with Crippen molar-refractivity contribution in [1.29, 1.82) is 0 Å². The van der Waals surface area contributed by atoms with Gasteiger partial charge < -0.3 is 14.6 Å². The van der Waals surface area contributed by atoms with Gasteiger partial charge >= 0.3 is 5.97 Å². The van der Waals surface area contributed by atoms with Crippen LogP contribution in [0.1, 0.15) is 53.1 Å². The highest BCUT2D eigenvalue weighted by Crippen LogP contribution is 2.38. The highest BCUT2D eigenvalue weighted by molar-refractivity contribution is 5.97. The molecule has 0 spiro atoms. The van der Waals surface area contributed by atoms with Crippen molar-refractivity contribution in [3.05, 3.63) is 52.8 Å². The van der Waals surface area contributed by atoms with Crippen molar-refractivity contribution >= 4 is 17.6 Å². The number of anilines is 1. The van der Waals surface area contributed by atoms with Gasteiger partial charge in [0.1, 0.15) is 0 Å². The molecule has 0 aliphatic heterocycles. The third-order valence-electron chi connectivity index (χ3n) is 4.59. The third-order valence-corrected chi connectivity index (χ3v) is 4.59. The average Bonchev–Trinajstić information content (AvgIpc) is 3.34. The number of rotatable bonds is 5. The average molecular weight is 340 g/mol. The Bertz CT molecular complexity index is 801. The van der Waals surface area contributed by atoms with Gasteiger partial charge in [0.05, 0.1) is 5.56 Å². The molecule has 1 aromatic carbocycles. The quantitative estimate of drug-likeness (QED) is 0.839. The van der Waals surface area contributed by atoms with Crippen molar-refractivity contribution in [1.82, 2.24) is 4.57 Å². The molecule has 25 heavy (non-hydrogen) atoms. The van der Waals surface area contributed by atoms with E-state index in [0.717, 1.165) is 29.8 Å². The van der Waals surface area contributed by atoms with E-state index in [9.17, 15) is 9.59 Å². The monoisotopic (exact) mass is 340 g/mol. The molecule has 1 heterocycles. The van der Waals surface area contributed by atoms with Crippen LogP contribution in [0.3, 0.4) is 0 Å². The highest BCUT2D eigenvalue weighted by Gasteiger charge is 2.29. The molecule has 0 unspecified atom stereocenters. The fourth-order valence-corrected chi connectivity index (χ4v) is 3.04. The first-order valence-electron chi connectivity index (χ1n) is 8.63. The topological polar surface area (TPSA) is 60.3 Å². The molecule has 5 heteroatoms. The van der Waals surface area contributed by atoms with Gasteiger partial charge in [0, 0.05) is 23.1 Å². The van der Waals surface area contributed by atoms with E-state index >= 15 is 0 Å². The number of ether oxygens (including phenoxy) is 1. The molecule has 1 aromatic heterocycles. The van der Waals surface area contributed by atoms with Crippen molar-refractivity contribution in [3.63, 3.8) is 0 Å². The van der Waals surface area contributed by atoms with Gasteiger partial charge in [0.25, 0.3) is 5.91 Å². The predicted molar refractivity (Wildman–Crippen MR) is 96.9 cm³/mol. The van der Waals surface area contributed by atoms with Crippen molar-refractivity contribution < 1.29 is 14.3 Å². The van der Waals surface area contributed by atoms with Gasteiger partial charge in [0.2, 0.25) is 0 Å². The SMILES string of the molecule is Cc1ccc(NC(=O)[C@@H](C)OC(=O)c2cc(C)n(C3CC3)c2C)cc1. The van der Waals surface area contributed by atoms with Crippen LogP contribution in [0.2, 0.25) is 0 Å². The van der Waals surface area contributed by atoms with Gasteiger partial charge in [-0.15, -0.1) is 0 Å². The first kappa shape index (κ1) is 17.3. The molecular formula is C20H24N2O3. The molecule has 1 aliphatic rings. The Morgan fingerprint density at radius 3 is 2.40 bits per heavy atom. The molecule has 1 fully saturated rings. The first-order valence-corrected chi connectivity index (χ1v) is 8.63. The summed E-state index contributed by atoms with van der Waals surface area (Å²) >= 11 is 0. The number of aromatic nitrogens is 1. The Labute approximate surface area is 148 Å². The number of aryl methyl sites for hydroxylation is 2. The Balaban J connectivity index is 1.65. The van der Waals surface area contributed by atoms with E-state index in [1.54, 1.807) is 6.92 Å². The summed E-state index contributed by atoms with van der Waals surface area (Å²) in [4.78, 5) is 24.7. The van der Waals surface area contributed by atoms with E-state index in [1.165, 1.54) is 0 Å². The van der Waals surface area contributed by atoms with Gasteiger partial charge in [-0.1, -0.05) is 17.7 Å². The standard InChI is InChI=1S/C20H24N2O3/c1-12-5-7-16(8-6-12)21-19(23)15(4)25-20(24)18-11-13(2)22(14(18)3)17-9-10-17/h5-8,11,15,17H,9-10H2,1-4H3,(H,21,23)/t15-/m1/s1. The summed E-state index contributed by atoms with van der Waals surface area (Å²) in [6, 6.07) is 9.83. The predicted octanol–water partition coefficient (Wildman–Crippen LogP) is 3.93. The second kappa shape index (κ2) is 6.75. The zero-order valence-corrected chi connectivity index (χ0v) is 15.1. The van der Waals surface area contributed by atoms with Gasteiger partial charge in [-0.2, -0.15) is 0 Å². The second-order valence-corrected chi connectivity index (χ2v) is 6.79. The molecule has 1 atom stereocenters. The van der Waals surface area contributed by atoms with E-state index in [4.69, 9.17) is 4.74 Å². The minimum atomic E-state index is -0.863. The Kier molecular flexibility index (Phi) is 4.66. The molecule has 0 bridgehead atoms. The van der Waals surface area contributed by atoms with Crippen LogP contribution in [0.25, 0.3) is 0 Å². The largest absolute Gasteiger partial charge is 0.449 e. The lowest BCUT2D eigenvalue weighted by Gasteiger charge is -2.14.